The van der Waals surface area contributed by atoms with Crippen LogP contribution in [0.3, 0.4) is 0 Å². The number of aromatic nitrogens is 1. The van der Waals surface area contributed by atoms with Gasteiger partial charge in [0, 0.05) is 29.5 Å². The van der Waals surface area contributed by atoms with Crippen LogP contribution in [0.5, 0.6) is 5.88 Å². The topological polar surface area (TPSA) is 70.9 Å². The molecule has 0 fully saturated rings. The third-order valence-electron chi connectivity index (χ3n) is 1.89. The van der Waals surface area contributed by atoms with Gasteiger partial charge in [0.15, 0.2) is 0 Å². The van der Waals surface area contributed by atoms with Gasteiger partial charge >= 0.3 is 0 Å². The van der Waals surface area contributed by atoms with Gasteiger partial charge in [-0.1, -0.05) is 17.0 Å². The summed E-state index contributed by atoms with van der Waals surface area (Å²) in [6.07, 6.45) is 0.551. The predicted molar refractivity (Wildman–Crippen MR) is 61.0 cm³/mol. The summed E-state index contributed by atoms with van der Waals surface area (Å²) in [6.45, 7) is 2.27. The second kappa shape index (κ2) is 6.33. The molecular weight excluding hydrogens is 204 g/mol. The molecule has 1 aromatic heterocycles. The van der Waals surface area contributed by atoms with Crippen molar-refractivity contribution >= 4 is 0 Å². The van der Waals surface area contributed by atoms with E-state index < -0.39 is 0 Å². The first kappa shape index (κ1) is 11.9. The van der Waals surface area contributed by atoms with Crippen molar-refractivity contribution in [3.05, 3.63) is 33.8 Å². The van der Waals surface area contributed by atoms with Gasteiger partial charge in [-0.2, -0.15) is 0 Å². The van der Waals surface area contributed by atoms with Crippen LogP contribution >= 0.6 is 0 Å². The van der Waals surface area contributed by atoms with E-state index in [9.17, 15) is 0 Å². The molecule has 0 amide bonds. The Morgan fingerprint density at radius 1 is 1.56 bits per heavy atom. The maximum Gasteiger partial charge on any atom is 0.213 e. The van der Waals surface area contributed by atoms with Crippen molar-refractivity contribution in [3.63, 3.8) is 0 Å². The van der Waals surface area contributed by atoms with Gasteiger partial charge in [0.2, 0.25) is 5.88 Å². The van der Waals surface area contributed by atoms with E-state index in [1.54, 1.807) is 13.2 Å². The van der Waals surface area contributed by atoms with Gasteiger partial charge in [-0.15, -0.1) is 0 Å². The molecule has 0 saturated carbocycles. The van der Waals surface area contributed by atoms with E-state index in [-0.39, 0.29) is 0 Å². The van der Waals surface area contributed by atoms with Crippen molar-refractivity contribution in [2.75, 3.05) is 13.7 Å². The number of aryl methyl sites for hydroxylation is 1. The van der Waals surface area contributed by atoms with Crippen molar-refractivity contribution in [2.24, 2.45) is 5.11 Å². The molecule has 5 nitrogen and oxygen atoms in total. The van der Waals surface area contributed by atoms with Crippen molar-refractivity contribution in [1.82, 2.24) is 4.98 Å². The number of pyridine rings is 1. The molecule has 1 heterocycles. The first-order valence-electron chi connectivity index (χ1n) is 4.79. The maximum atomic E-state index is 8.07. The molecule has 0 N–H and O–H groups in total. The maximum absolute atomic E-state index is 8.07. The van der Waals surface area contributed by atoms with Gasteiger partial charge in [0.25, 0.3) is 0 Å². The Labute approximate surface area is 94.1 Å². The Morgan fingerprint density at radius 3 is 3.00 bits per heavy atom. The van der Waals surface area contributed by atoms with Crippen LogP contribution in [0.25, 0.3) is 10.4 Å². The lowest BCUT2D eigenvalue weighted by molar-refractivity contribution is 0.397. The summed E-state index contributed by atoms with van der Waals surface area (Å²) >= 11 is 0. The van der Waals surface area contributed by atoms with Crippen LogP contribution in [-0.2, 0) is 0 Å². The third-order valence-corrected chi connectivity index (χ3v) is 1.89. The quantitative estimate of drug-likeness (QED) is 0.256. The van der Waals surface area contributed by atoms with Crippen molar-refractivity contribution in [3.8, 4) is 17.7 Å². The van der Waals surface area contributed by atoms with Crippen molar-refractivity contribution in [1.29, 1.82) is 0 Å². The molecular formula is C11H12N4O. The van der Waals surface area contributed by atoms with Gasteiger partial charge in [-0.05, 0) is 18.5 Å². The van der Waals surface area contributed by atoms with E-state index in [0.29, 0.717) is 18.8 Å². The number of hydrogen-bond donors (Lipinski definition) is 0. The van der Waals surface area contributed by atoms with Crippen LogP contribution in [-0.4, -0.2) is 18.6 Å². The molecule has 16 heavy (non-hydrogen) atoms. The van der Waals surface area contributed by atoms with Crippen LogP contribution in [0.15, 0.2) is 17.2 Å². The minimum absolute atomic E-state index is 0.395. The zero-order chi connectivity index (χ0) is 11.8. The molecule has 0 aliphatic rings. The van der Waals surface area contributed by atoms with E-state index in [1.807, 2.05) is 13.0 Å². The van der Waals surface area contributed by atoms with Gasteiger partial charge < -0.3 is 4.74 Å². The summed E-state index contributed by atoms with van der Waals surface area (Å²) in [7, 11) is 1.58. The molecule has 1 aromatic rings. The van der Waals surface area contributed by atoms with Crippen molar-refractivity contribution < 1.29 is 4.74 Å². The fourth-order valence-corrected chi connectivity index (χ4v) is 1.09. The Morgan fingerprint density at radius 2 is 2.38 bits per heavy atom. The largest absolute Gasteiger partial charge is 0.481 e. The minimum Gasteiger partial charge on any atom is -0.481 e. The van der Waals surface area contributed by atoms with Gasteiger partial charge in [0.05, 0.1) is 12.8 Å². The summed E-state index contributed by atoms with van der Waals surface area (Å²) in [5.74, 6) is 6.47. The summed E-state index contributed by atoms with van der Waals surface area (Å²) in [5, 5.41) is 3.40. The van der Waals surface area contributed by atoms with Gasteiger partial charge in [-0.3, -0.25) is 0 Å². The average molecular weight is 216 g/mol. The molecule has 5 heteroatoms. The fraction of sp³-hybridized carbons (Fsp3) is 0.364. The Balaban J connectivity index is 2.69. The van der Waals surface area contributed by atoms with E-state index in [4.69, 9.17) is 10.3 Å². The summed E-state index contributed by atoms with van der Waals surface area (Å²) in [5.41, 5.74) is 9.76. The number of nitrogens with zero attached hydrogens (tertiary/aromatic N) is 4. The highest BCUT2D eigenvalue weighted by molar-refractivity contribution is 5.39. The first-order valence-corrected chi connectivity index (χ1v) is 4.79. The smallest absolute Gasteiger partial charge is 0.213 e. The van der Waals surface area contributed by atoms with Crippen LogP contribution in [0.2, 0.25) is 0 Å². The van der Waals surface area contributed by atoms with Crippen LogP contribution in [0.4, 0.5) is 0 Å². The highest BCUT2D eigenvalue weighted by atomic mass is 16.5. The lowest BCUT2D eigenvalue weighted by atomic mass is 10.2. The lowest BCUT2D eigenvalue weighted by Crippen LogP contribution is -1.92. The second-order valence-corrected chi connectivity index (χ2v) is 2.99. The molecule has 0 bridgehead atoms. The Hall–Kier alpha value is -2.18. The highest BCUT2D eigenvalue weighted by Gasteiger charge is 1.98. The van der Waals surface area contributed by atoms with Crippen molar-refractivity contribution in [2.45, 2.75) is 13.3 Å². The Bertz CT molecular complexity index is 467. The number of rotatable bonds is 3. The average Bonchev–Trinajstić information content (AvgIpc) is 2.30. The Kier molecular flexibility index (Phi) is 4.71. The number of ether oxygens (including phenoxy) is 1. The first-order chi connectivity index (χ1) is 7.77. The summed E-state index contributed by atoms with van der Waals surface area (Å²) in [6, 6.07) is 3.63. The molecule has 0 saturated heterocycles. The van der Waals surface area contributed by atoms with Crippen LogP contribution < -0.4 is 4.74 Å². The molecule has 0 atom stereocenters. The predicted octanol–water partition coefficient (Wildman–Crippen LogP) is 2.45. The second-order valence-electron chi connectivity index (χ2n) is 2.99. The minimum atomic E-state index is 0.395. The molecule has 82 valence electrons. The molecule has 1 rings (SSSR count). The molecule has 0 radical (unpaired) electrons. The molecule has 0 spiro atoms. The summed E-state index contributed by atoms with van der Waals surface area (Å²) < 4.78 is 4.99. The van der Waals surface area contributed by atoms with E-state index in [2.05, 4.69) is 26.9 Å². The SMILES string of the molecule is COc1ccc(C#CCCN=[N+]=[N-])c(C)n1. The molecule has 0 unspecified atom stereocenters. The molecule has 0 aliphatic carbocycles. The normalized spacial score (nSPS) is 8.62. The van der Waals surface area contributed by atoms with E-state index in [0.717, 1.165) is 11.3 Å². The zero-order valence-corrected chi connectivity index (χ0v) is 9.27. The van der Waals surface area contributed by atoms with Gasteiger partial charge in [-0.25, -0.2) is 4.98 Å². The fourth-order valence-electron chi connectivity index (χ4n) is 1.09. The monoisotopic (exact) mass is 216 g/mol. The zero-order valence-electron chi connectivity index (χ0n) is 9.27. The standard InChI is InChI=1S/C11H12N4O/c1-9-10(5-3-4-8-13-15-12)6-7-11(14-9)16-2/h6-7H,4,8H2,1-2H3. The lowest BCUT2D eigenvalue weighted by Gasteiger charge is -2.01. The van der Waals surface area contributed by atoms with E-state index >= 15 is 0 Å². The van der Waals surface area contributed by atoms with E-state index in [1.165, 1.54) is 0 Å². The van der Waals surface area contributed by atoms with Crippen LogP contribution in [0, 0.1) is 18.8 Å². The van der Waals surface area contributed by atoms with Crippen LogP contribution in [0.1, 0.15) is 17.7 Å². The summed E-state index contributed by atoms with van der Waals surface area (Å²) in [4.78, 5) is 6.85. The third kappa shape index (κ3) is 3.52. The number of hydrogen-bond acceptors (Lipinski definition) is 3. The van der Waals surface area contributed by atoms with Gasteiger partial charge in [0.1, 0.15) is 0 Å². The number of azide groups is 1. The molecule has 0 aromatic carbocycles. The highest BCUT2D eigenvalue weighted by Crippen LogP contribution is 2.10. The number of methoxy groups -OCH3 is 1. The molecule has 0 aliphatic heterocycles.